The number of hydrogen-bond donors (Lipinski definition) is 4. The third-order valence-electron chi connectivity index (χ3n) is 5.69. The molecule has 0 saturated carbocycles. The van der Waals surface area contributed by atoms with Crippen molar-refractivity contribution in [2.24, 2.45) is 0 Å². The number of carbonyl (C=O) groups is 1. The number of methoxy groups -OCH3 is 1. The highest BCUT2D eigenvalue weighted by Crippen LogP contribution is 2.26. The first kappa shape index (κ1) is 25.9. The van der Waals surface area contributed by atoms with Crippen LogP contribution in [0.4, 0.5) is 23.1 Å². The Balaban J connectivity index is 1.52. The van der Waals surface area contributed by atoms with Gasteiger partial charge in [-0.2, -0.15) is 9.97 Å². The van der Waals surface area contributed by atoms with Gasteiger partial charge in [-0.15, -0.1) is 0 Å². The SMILES string of the molecule is COCCNC(=O)c1ccc(Nc2nc(NCc3ccccc3N(C)S(C)(=O)=O)c3cc[nH]c3n2)cc1. The van der Waals surface area contributed by atoms with Crippen molar-refractivity contribution in [1.82, 2.24) is 20.3 Å². The molecule has 2 aromatic carbocycles. The van der Waals surface area contributed by atoms with Crippen LogP contribution in [-0.4, -0.2) is 62.8 Å². The third kappa shape index (κ3) is 6.35. The Labute approximate surface area is 215 Å². The average molecular weight is 524 g/mol. The lowest BCUT2D eigenvalue weighted by Crippen LogP contribution is -2.26. The normalized spacial score (nSPS) is 11.3. The molecule has 2 aromatic heterocycles. The predicted molar refractivity (Wildman–Crippen MR) is 145 cm³/mol. The number of ether oxygens (including phenoxy) is 1. The molecular formula is C25H29N7O4S. The quantitative estimate of drug-likeness (QED) is 0.220. The molecule has 0 fully saturated rings. The molecule has 0 bridgehead atoms. The van der Waals surface area contributed by atoms with Gasteiger partial charge in [0, 0.05) is 44.7 Å². The highest BCUT2D eigenvalue weighted by Gasteiger charge is 2.16. The Morgan fingerprint density at radius 3 is 2.57 bits per heavy atom. The number of anilines is 4. The number of nitrogens with one attached hydrogen (secondary N) is 4. The number of rotatable bonds is 11. The summed E-state index contributed by atoms with van der Waals surface area (Å²) >= 11 is 0. The van der Waals surface area contributed by atoms with Crippen molar-refractivity contribution >= 4 is 50.1 Å². The molecular weight excluding hydrogens is 494 g/mol. The van der Waals surface area contributed by atoms with Gasteiger partial charge in [-0.05, 0) is 42.0 Å². The number of aromatic nitrogens is 3. The zero-order valence-electron chi connectivity index (χ0n) is 20.8. The van der Waals surface area contributed by atoms with Crippen LogP contribution >= 0.6 is 0 Å². The Bertz CT molecular complexity index is 1490. The molecule has 0 atom stereocenters. The molecule has 0 aliphatic carbocycles. The molecule has 11 nitrogen and oxygen atoms in total. The zero-order chi connectivity index (χ0) is 26.4. The van der Waals surface area contributed by atoms with Crippen molar-refractivity contribution in [2.75, 3.05) is 48.5 Å². The van der Waals surface area contributed by atoms with E-state index in [-0.39, 0.29) is 5.91 Å². The summed E-state index contributed by atoms with van der Waals surface area (Å²) in [6.07, 6.45) is 2.94. The first-order chi connectivity index (χ1) is 17.8. The summed E-state index contributed by atoms with van der Waals surface area (Å²) in [5.74, 6) is 0.761. The van der Waals surface area contributed by atoms with Crippen molar-refractivity contribution in [3.63, 3.8) is 0 Å². The lowest BCUT2D eigenvalue weighted by molar-refractivity contribution is 0.0937. The van der Waals surface area contributed by atoms with Crippen LogP contribution in [0.2, 0.25) is 0 Å². The smallest absolute Gasteiger partial charge is 0.251 e. The van der Waals surface area contributed by atoms with E-state index in [1.54, 1.807) is 49.7 Å². The first-order valence-electron chi connectivity index (χ1n) is 11.5. The molecule has 194 valence electrons. The molecule has 2 heterocycles. The summed E-state index contributed by atoms with van der Waals surface area (Å²) in [5.41, 5.74) is 3.26. The number of H-pyrrole nitrogens is 1. The Morgan fingerprint density at radius 1 is 1.08 bits per heavy atom. The fraction of sp³-hybridized carbons (Fsp3) is 0.240. The van der Waals surface area contributed by atoms with Gasteiger partial charge in [0.25, 0.3) is 5.91 Å². The van der Waals surface area contributed by atoms with Crippen LogP contribution in [0.1, 0.15) is 15.9 Å². The van der Waals surface area contributed by atoms with Crippen LogP contribution in [0.3, 0.4) is 0 Å². The van der Waals surface area contributed by atoms with E-state index in [4.69, 9.17) is 4.74 Å². The molecule has 0 radical (unpaired) electrons. The van der Waals surface area contributed by atoms with Gasteiger partial charge in [0.2, 0.25) is 16.0 Å². The molecule has 0 saturated heterocycles. The standard InChI is InChI=1S/C25H29N7O4S/c1-32(37(3,34)35)21-7-5-4-6-18(21)16-28-23-20-12-13-26-22(20)30-25(31-23)29-19-10-8-17(9-11-19)24(33)27-14-15-36-2/h4-13H,14-16H2,1-3H3,(H,27,33)(H3,26,28,29,30,31). The highest BCUT2D eigenvalue weighted by atomic mass is 32.2. The van der Waals surface area contributed by atoms with Crippen molar-refractivity contribution in [3.8, 4) is 0 Å². The summed E-state index contributed by atoms with van der Waals surface area (Å²) in [6.45, 7) is 1.23. The molecule has 4 N–H and O–H groups in total. The highest BCUT2D eigenvalue weighted by molar-refractivity contribution is 7.92. The van der Waals surface area contributed by atoms with Crippen LogP contribution in [0.5, 0.6) is 0 Å². The summed E-state index contributed by atoms with van der Waals surface area (Å²) < 4.78 is 30.4. The second-order valence-electron chi connectivity index (χ2n) is 8.30. The van der Waals surface area contributed by atoms with Crippen molar-refractivity contribution in [3.05, 3.63) is 71.9 Å². The molecule has 0 spiro atoms. The van der Waals surface area contributed by atoms with Gasteiger partial charge in [0.1, 0.15) is 11.5 Å². The maximum atomic E-state index is 12.2. The number of benzene rings is 2. The molecule has 0 aliphatic heterocycles. The summed E-state index contributed by atoms with van der Waals surface area (Å²) in [6, 6.07) is 16.1. The number of hydrogen-bond acceptors (Lipinski definition) is 8. The molecule has 4 rings (SSSR count). The second kappa shape index (κ2) is 11.3. The van der Waals surface area contributed by atoms with Crippen LogP contribution in [0.15, 0.2) is 60.8 Å². The van der Waals surface area contributed by atoms with Gasteiger partial charge in [0.05, 0.1) is 23.9 Å². The maximum absolute atomic E-state index is 12.2. The molecule has 12 heteroatoms. The number of fused-ring (bicyclic) bond motifs is 1. The number of carbonyl (C=O) groups excluding carboxylic acids is 1. The number of sulfonamides is 1. The van der Waals surface area contributed by atoms with Crippen LogP contribution < -0.4 is 20.3 Å². The first-order valence-corrected chi connectivity index (χ1v) is 13.4. The van der Waals surface area contributed by atoms with Gasteiger partial charge in [-0.25, -0.2) is 8.42 Å². The number of amides is 1. The molecule has 0 unspecified atom stereocenters. The van der Waals surface area contributed by atoms with Crippen LogP contribution in [0, 0.1) is 0 Å². The Hall–Kier alpha value is -4.16. The van der Waals surface area contributed by atoms with Crippen molar-refractivity contribution in [2.45, 2.75) is 6.54 Å². The van der Waals surface area contributed by atoms with E-state index < -0.39 is 10.0 Å². The largest absolute Gasteiger partial charge is 0.383 e. The fourth-order valence-corrected chi connectivity index (χ4v) is 4.20. The van der Waals surface area contributed by atoms with Gasteiger partial charge in [-0.3, -0.25) is 9.10 Å². The van der Waals surface area contributed by atoms with E-state index in [0.717, 1.165) is 10.9 Å². The number of nitrogens with zero attached hydrogens (tertiary/aromatic N) is 3. The summed E-state index contributed by atoms with van der Waals surface area (Å²) in [7, 11) is -0.301. The molecule has 4 aromatic rings. The van der Waals surface area contributed by atoms with E-state index >= 15 is 0 Å². The number of para-hydroxylation sites is 1. The topological polar surface area (TPSA) is 141 Å². The average Bonchev–Trinajstić information content (AvgIpc) is 3.36. The third-order valence-corrected chi connectivity index (χ3v) is 6.88. The second-order valence-corrected chi connectivity index (χ2v) is 10.3. The van der Waals surface area contributed by atoms with E-state index in [2.05, 4.69) is 30.9 Å². The monoisotopic (exact) mass is 523 g/mol. The minimum Gasteiger partial charge on any atom is -0.383 e. The summed E-state index contributed by atoms with van der Waals surface area (Å²) in [4.78, 5) is 24.5. The van der Waals surface area contributed by atoms with Crippen molar-refractivity contribution in [1.29, 1.82) is 0 Å². The van der Waals surface area contributed by atoms with Crippen molar-refractivity contribution < 1.29 is 17.9 Å². The Morgan fingerprint density at radius 2 is 1.84 bits per heavy atom. The lowest BCUT2D eigenvalue weighted by atomic mass is 10.1. The zero-order valence-corrected chi connectivity index (χ0v) is 21.6. The van der Waals surface area contributed by atoms with E-state index in [0.29, 0.717) is 54.0 Å². The maximum Gasteiger partial charge on any atom is 0.251 e. The van der Waals surface area contributed by atoms with Crippen LogP contribution in [0.25, 0.3) is 11.0 Å². The van der Waals surface area contributed by atoms with Crippen LogP contribution in [-0.2, 0) is 21.3 Å². The Kier molecular flexibility index (Phi) is 7.89. The lowest BCUT2D eigenvalue weighted by Gasteiger charge is -2.20. The van der Waals surface area contributed by atoms with Gasteiger partial charge < -0.3 is 25.7 Å². The molecule has 0 aliphatic rings. The van der Waals surface area contributed by atoms with E-state index in [9.17, 15) is 13.2 Å². The molecule has 1 amide bonds. The summed E-state index contributed by atoms with van der Waals surface area (Å²) in [5, 5.41) is 10.1. The fourth-order valence-electron chi connectivity index (χ4n) is 3.66. The minimum atomic E-state index is -3.41. The minimum absolute atomic E-state index is 0.180. The van der Waals surface area contributed by atoms with E-state index in [1.807, 2.05) is 18.2 Å². The van der Waals surface area contributed by atoms with Gasteiger partial charge in [0.15, 0.2) is 0 Å². The van der Waals surface area contributed by atoms with Gasteiger partial charge in [-0.1, -0.05) is 18.2 Å². The van der Waals surface area contributed by atoms with E-state index in [1.165, 1.54) is 17.6 Å². The predicted octanol–water partition coefficient (Wildman–Crippen LogP) is 3.09. The van der Waals surface area contributed by atoms with Gasteiger partial charge >= 0.3 is 0 Å². The molecule has 37 heavy (non-hydrogen) atoms. The number of aromatic amines is 1.